The van der Waals surface area contributed by atoms with E-state index < -0.39 is 11.9 Å². The zero-order valence-corrected chi connectivity index (χ0v) is 12.5. The Hall–Kier alpha value is -2.00. The van der Waals surface area contributed by atoms with E-state index in [2.05, 4.69) is 0 Å². The highest BCUT2D eigenvalue weighted by molar-refractivity contribution is 6.30. The van der Waals surface area contributed by atoms with E-state index in [0.29, 0.717) is 17.9 Å². The van der Waals surface area contributed by atoms with Gasteiger partial charge in [-0.05, 0) is 48.2 Å². The molecule has 4 heteroatoms. The van der Waals surface area contributed by atoms with E-state index in [1.54, 1.807) is 31.4 Å². The SMILES string of the molecule is COc1ccc(CCC(C(=O)O)c2ccc(Cl)cc2)cc1. The average molecular weight is 305 g/mol. The molecule has 3 nitrogen and oxygen atoms in total. The predicted octanol–water partition coefficient (Wildman–Crippen LogP) is 4.15. The van der Waals surface area contributed by atoms with Crippen LogP contribution in [0.25, 0.3) is 0 Å². The molecule has 0 radical (unpaired) electrons. The van der Waals surface area contributed by atoms with Crippen molar-refractivity contribution < 1.29 is 14.6 Å². The molecule has 2 rings (SSSR count). The molecule has 0 heterocycles. The summed E-state index contributed by atoms with van der Waals surface area (Å²) in [5.41, 5.74) is 1.87. The lowest BCUT2D eigenvalue weighted by Crippen LogP contribution is -2.12. The number of carbonyl (C=O) groups is 1. The maximum atomic E-state index is 11.5. The summed E-state index contributed by atoms with van der Waals surface area (Å²) in [6.45, 7) is 0. The van der Waals surface area contributed by atoms with Crippen LogP contribution >= 0.6 is 11.6 Å². The van der Waals surface area contributed by atoms with Crippen LogP contribution in [-0.2, 0) is 11.2 Å². The Morgan fingerprint density at radius 3 is 2.29 bits per heavy atom. The Labute approximate surface area is 129 Å². The second kappa shape index (κ2) is 7.14. The van der Waals surface area contributed by atoms with Crippen molar-refractivity contribution in [1.29, 1.82) is 0 Å². The summed E-state index contributed by atoms with van der Waals surface area (Å²) in [5.74, 6) is -0.540. The number of carboxylic acid groups (broad SMARTS) is 1. The zero-order valence-electron chi connectivity index (χ0n) is 11.8. The van der Waals surface area contributed by atoms with Gasteiger partial charge >= 0.3 is 5.97 Å². The summed E-state index contributed by atoms with van der Waals surface area (Å²) in [7, 11) is 1.62. The Bertz CT molecular complexity index is 590. The number of hydrogen-bond acceptors (Lipinski definition) is 2. The number of aliphatic carboxylic acids is 1. The highest BCUT2D eigenvalue weighted by Gasteiger charge is 2.19. The van der Waals surface area contributed by atoms with Crippen molar-refractivity contribution >= 4 is 17.6 Å². The fourth-order valence-electron chi connectivity index (χ4n) is 2.23. The van der Waals surface area contributed by atoms with Gasteiger partial charge in [-0.1, -0.05) is 35.9 Å². The van der Waals surface area contributed by atoms with E-state index in [-0.39, 0.29) is 0 Å². The molecule has 0 bridgehead atoms. The van der Waals surface area contributed by atoms with Gasteiger partial charge in [0, 0.05) is 5.02 Å². The molecule has 0 saturated heterocycles. The van der Waals surface area contributed by atoms with Crippen molar-refractivity contribution in [1.82, 2.24) is 0 Å². The highest BCUT2D eigenvalue weighted by atomic mass is 35.5. The van der Waals surface area contributed by atoms with Crippen LogP contribution in [0.1, 0.15) is 23.5 Å². The number of methoxy groups -OCH3 is 1. The number of benzene rings is 2. The van der Waals surface area contributed by atoms with Crippen molar-refractivity contribution in [2.75, 3.05) is 7.11 Å². The summed E-state index contributed by atoms with van der Waals surface area (Å²) in [6.07, 6.45) is 1.24. The van der Waals surface area contributed by atoms with E-state index in [9.17, 15) is 9.90 Å². The van der Waals surface area contributed by atoms with Gasteiger partial charge in [0.25, 0.3) is 0 Å². The fourth-order valence-corrected chi connectivity index (χ4v) is 2.36. The van der Waals surface area contributed by atoms with Gasteiger partial charge in [0.1, 0.15) is 5.75 Å². The minimum atomic E-state index is -0.814. The van der Waals surface area contributed by atoms with Crippen LogP contribution in [0.3, 0.4) is 0 Å². The van der Waals surface area contributed by atoms with Crippen molar-refractivity contribution in [2.45, 2.75) is 18.8 Å². The fraction of sp³-hybridized carbons (Fsp3) is 0.235. The van der Waals surface area contributed by atoms with Gasteiger partial charge in [-0.25, -0.2) is 0 Å². The van der Waals surface area contributed by atoms with Gasteiger partial charge in [-0.2, -0.15) is 0 Å². The van der Waals surface area contributed by atoms with E-state index in [1.165, 1.54) is 0 Å². The summed E-state index contributed by atoms with van der Waals surface area (Å²) < 4.78 is 5.11. The molecule has 0 spiro atoms. The van der Waals surface area contributed by atoms with Gasteiger partial charge in [0.05, 0.1) is 13.0 Å². The Balaban J connectivity index is 2.06. The smallest absolute Gasteiger partial charge is 0.310 e. The third-order valence-corrected chi connectivity index (χ3v) is 3.70. The molecular formula is C17H17ClO3. The van der Waals surface area contributed by atoms with Gasteiger partial charge in [-0.3, -0.25) is 4.79 Å². The minimum Gasteiger partial charge on any atom is -0.497 e. The van der Waals surface area contributed by atoms with E-state index in [1.807, 2.05) is 24.3 Å². The molecular weight excluding hydrogens is 288 g/mol. The Kier molecular flexibility index (Phi) is 5.23. The average Bonchev–Trinajstić information content (AvgIpc) is 2.49. The van der Waals surface area contributed by atoms with Crippen LogP contribution < -0.4 is 4.74 Å². The second-order valence-electron chi connectivity index (χ2n) is 4.83. The maximum absolute atomic E-state index is 11.5. The van der Waals surface area contributed by atoms with Crippen LogP contribution in [-0.4, -0.2) is 18.2 Å². The number of hydrogen-bond donors (Lipinski definition) is 1. The maximum Gasteiger partial charge on any atom is 0.310 e. The van der Waals surface area contributed by atoms with Gasteiger partial charge in [0.15, 0.2) is 0 Å². The third kappa shape index (κ3) is 4.23. The van der Waals surface area contributed by atoms with Gasteiger partial charge in [0.2, 0.25) is 0 Å². The standard InChI is InChI=1S/C17H17ClO3/c1-21-15-9-2-12(3-10-15)4-11-16(17(19)20)13-5-7-14(18)8-6-13/h2-3,5-10,16H,4,11H2,1H3,(H,19,20). The van der Waals surface area contributed by atoms with Gasteiger partial charge in [-0.15, -0.1) is 0 Å². The van der Waals surface area contributed by atoms with Crippen LogP contribution in [0.5, 0.6) is 5.75 Å². The summed E-state index contributed by atoms with van der Waals surface area (Å²) in [4.78, 5) is 11.5. The largest absolute Gasteiger partial charge is 0.497 e. The molecule has 1 atom stereocenters. The molecule has 1 unspecified atom stereocenters. The van der Waals surface area contributed by atoms with Crippen LogP contribution in [0.4, 0.5) is 0 Å². The number of aryl methyl sites for hydroxylation is 1. The zero-order chi connectivity index (χ0) is 15.2. The van der Waals surface area contributed by atoms with Gasteiger partial charge < -0.3 is 9.84 Å². The number of carboxylic acids is 1. The van der Waals surface area contributed by atoms with Crippen molar-refractivity contribution in [3.05, 3.63) is 64.7 Å². The van der Waals surface area contributed by atoms with Crippen LogP contribution in [0.2, 0.25) is 5.02 Å². The molecule has 0 aliphatic rings. The molecule has 0 aromatic heterocycles. The second-order valence-corrected chi connectivity index (χ2v) is 5.27. The monoisotopic (exact) mass is 304 g/mol. The normalized spacial score (nSPS) is 11.9. The molecule has 0 fully saturated rings. The summed E-state index contributed by atoms with van der Waals surface area (Å²) in [6, 6.07) is 14.7. The lowest BCUT2D eigenvalue weighted by atomic mass is 9.92. The molecule has 0 aliphatic heterocycles. The predicted molar refractivity (Wildman–Crippen MR) is 83.1 cm³/mol. The molecule has 1 N–H and O–H groups in total. The van der Waals surface area contributed by atoms with E-state index >= 15 is 0 Å². The summed E-state index contributed by atoms with van der Waals surface area (Å²) in [5, 5.41) is 10.0. The Morgan fingerprint density at radius 2 is 1.76 bits per heavy atom. The lowest BCUT2D eigenvalue weighted by molar-refractivity contribution is -0.138. The van der Waals surface area contributed by atoms with E-state index in [0.717, 1.165) is 16.9 Å². The molecule has 2 aromatic rings. The molecule has 0 amide bonds. The third-order valence-electron chi connectivity index (χ3n) is 3.45. The number of rotatable bonds is 6. The van der Waals surface area contributed by atoms with Crippen molar-refractivity contribution in [3.8, 4) is 5.75 Å². The summed E-state index contributed by atoms with van der Waals surface area (Å²) >= 11 is 5.84. The first-order valence-electron chi connectivity index (χ1n) is 6.71. The molecule has 21 heavy (non-hydrogen) atoms. The topological polar surface area (TPSA) is 46.5 Å². The Morgan fingerprint density at radius 1 is 1.14 bits per heavy atom. The minimum absolute atomic E-state index is 0.524. The first-order chi connectivity index (χ1) is 10.1. The first-order valence-corrected chi connectivity index (χ1v) is 7.09. The molecule has 2 aromatic carbocycles. The quantitative estimate of drug-likeness (QED) is 0.872. The lowest BCUT2D eigenvalue weighted by Gasteiger charge is -2.13. The van der Waals surface area contributed by atoms with Crippen molar-refractivity contribution in [2.24, 2.45) is 0 Å². The van der Waals surface area contributed by atoms with E-state index in [4.69, 9.17) is 16.3 Å². The van der Waals surface area contributed by atoms with Crippen molar-refractivity contribution in [3.63, 3.8) is 0 Å². The van der Waals surface area contributed by atoms with Crippen LogP contribution in [0.15, 0.2) is 48.5 Å². The number of halogens is 1. The molecule has 0 aliphatic carbocycles. The highest BCUT2D eigenvalue weighted by Crippen LogP contribution is 2.24. The van der Waals surface area contributed by atoms with Crippen LogP contribution in [0, 0.1) is 0 Å². The number of ether oxygens (including phenoxy) is 1. The first kappa shape index (κ1) is 15.4. The molecule has 0 saturated carbocycles. The molecule has 110 valence electrons.